The summed E-state index contributed by atoms with van der Waals surface area (Å²) in [5.74, 6) is -17.4. The Balaban J connectivity index is 2.00. The van der Waals surface area contributed by atoms with Crippen LogP contribution in [0.25, 0.3) is 11.1 Å². The van der Waals surface area contributed by atoms with E-state index in [0.29, 0.717) is 13.0 Å². The second-order valence-corrected chi connectivity index (χ2v) is 8.11. The maximum absolute atomic E-state index is 14.7. The highest BCUT2D eigenvalue weighted by atomic mass is 19.2. The molecule has 0 heterocycles. The fourth-order valence-electron chi connectivity index (χ4n) is 4.40. The molecule has 0 bridgehead atoms. The molecule has 0 spiro atoms. The molecule has 0 aromatic heterocycles. The van der Waals surface area contributed by atoms with Gasteiger partial charge in [0, 0.05) is 5.56 Å². The number of hydrogen-bond donors (Lipinski definition) is 0. The quantitative estimate of drug-likeness (QED) is 0.314. The van der Waals surface area contributed by atoms with Crippen molar-refractivity contribution in [1.29, 1.82) is 0 Å². The predicted octanol–water partition coefficient (Wildman–Crippen LogP) is 7.62. The Morgan fingerprint density at radius 3 is 1.44 bits per heavy atom. The number of methoxy groups -OCH3 is 1. The molecule has 1 aliphatic carbocycles. The van der Waals surface area contributed by atoms with Crippen molar-refractivity contribution >= 4 is 0 Å². The van der Waals surface area contributed by atoms with Crippen LogP contribution >= 0.6 is 0 Å². The molecule has 0 radical (unpaired) electrons. The maximum Gasteiger partial charge on any atom is 0.204 e. The molecule has 0 aliphatic heterocycles. The zero-order valence-electron chi connectivity index (χ0n) is 17.5. The van der Waals surface area contributed by atoms with Crippen LogP contribution in [-0.2, 0) is 6.42 Å². The minimum absolute atomic E-state index is 0.127. The molecule has 0 N–H and O–H groups in total. The van der Waals surface area contributed by atoms with Crippen LogP contribution in [0.3, 0.4) is 0 Å². The lowest BCUT2D eigenvalue weighted by molar-refractivity contribution is 0.257. The van der Waals surface area contributed by atoms with E-state index in [1.807, 2.05) is 0 Å². The lowest BCUT2D eigenvalue weighted by Crippen LogP contribution is -2.16. The Morgan fingerprint density at radius 1 is 0.625 bits per heavy atom. The molecule has 0 unspecified atom stereocenters. The van der Waals surface area contributed by atoms with Gasteiger partial charge >= 0.3 is 0 Å². The second kappa shape index (κ2) is 9.67. The van der Waals surface area contributed by atoms with Gasteiger partial charge in [0.2, 0.25) is 11.6 Å². The van der Waals surface area contributed by atoms with Gasteiger partial charge in [-0.1, -0.05) is 39.0 Å². The third kappa shape index (κ3) is 4.18. The fourth-order valence-corrected chi connectivity index (χ4v) is 4.40. The molecule has 0 saturated heterocycles. The molecule has 9 heteroatoms. The molecule has 0 atom stereocenters. The molecule has 2 aromatic carbocycles. The Kier molecular flexibility index (Phi) is 7.35. The fraction of sp³-hybridized carbons (Fsp3) is 0.478. The number of rotatable bonds is 6. The van der Waals surface area contributed by atoms with Crippen molar-refractivity contribution in [3.05, 3.63) is 52.1 Å². The van der Waals surface area contributed by atoms with Gasteiger partial charge in [0.25, 0.3) is 0 Å². The maximum atomic E-state index is 14.7. The standard InChI is InChI=1S/C23H22F8O/c1-3-10-4-6-11(7-5-10)8-9-12-15(24)17(26)13(18(27)16(12)25)14-19(28)21(30)23(32-2)22(31)20(14)29/h10-11H,3-9H2,1-2H3. The molecule has 2 aromatic rings. The Morgan fingerprint density at radius 2 is 1.03 bits per heavy atom. The molecule has 3 rings (SSSR count). The summed E-state index contributed by atoms with van der Waals surface area (Å²) in [5, 5.41) is 0. The van der Waals surface area contributed by atoms with Crippen LogP contribution in [0, 0.1) is 58.4 Å². The Hall–Kier alpha value is -2.32. The second-order valence-electron chi connectivity index (χ2n) is 8.11. The van der Waals surface area contributed by atoms with Gasteiger partial charge in [0.05, 0.1) is 18.2 Å². The lowest BCUT2D eigenvalue weighted by atomic mass is 9.78. The number of benzene rings is 2. The average Bonchev–Trinajstić information content (AvgIpc) is 2.79. The van der Waals surface area contributed by atoms with E-state index >= 15 is 0 Å². The van der Waals surface area contributed by atoms with E-state index in [-0.39, 0.29) is 18.8 Å². The van der Waals surface area contributed by atoms with Crippen LogP contribution in [0.2, 0.25) is 0 Å². The average molecular weight is 466 g/mol. The first-order valence-corrected chi connectivity index (χ1v) is 10.4. The minimum Gasteiger partial charge on any atom is -0.491 e. The molecule has 1 fully saturated rings. The Bertz CT molecular complexity index is 954. The van der Waals surface area contributed by atoms with E-state index in [2.05, 4.69) is 11.7 Å². The highest BCUT2D eigenvalue weighted by molar-refractivity contribution is 5.69. The third-order valence-corrected chi connectivity index (χ3v) is 6.38. The van der Waals surface area contributed by atoms with E-state index in [0.717, 1.165) is 32.1 Å². The molecule has 32 heavy (non-hydrogen) atoms. The molecule has 0 amide bonds. The predicted molar refractivity (Wildman–Crippen MR) is 102 cm³/mol. The molecular formula is C23H22F8O. The van der Waals surface area contributed by atoms with Gasteiger partial charge in [0.15, 0.2) is 40.7 Å². The van der Waals surface area contributed by atoms with Crippen LogP contribution in [0.4, 0.5) is 35.1 Å². The lowest BCUT2D eigenvalue weighted by Gasteiger charge is -2.27. The first-order valence-electron chi connectivity index (χ1n) is 10.4. The zero-order chi connectivity index (χ0) is 23.7. The molecule has 1 saturated carbocycles. The van der Waals surface area contributed by atoms with E-state index in [9.17, 15) is 35.1 Å². The molecule has 1 nitrogen and oxygen atoms in total. The monoisotopic (exact) mass is 466 g/mol. The SMILES string of the molecule is CCC1CCC(CCc2c(F)c(F)c(-c3c(F)c(F)c(OC)c(F)c3F)c(F)c2F)CC1. The highest BCUT2D eigenvalue weighted by Gasteiger charge is 2.34. The van der Waals surface area contributed by atoms with Crippen LogP contribution < -0.4 is 4.74 Å². The van der Waals surface area contributed by atoms with Gasteiger partial charge in [-0.25, -0.2) is 26.3 Å². The van der Waals surface area contributed by atoms with Crippen molar-refractivity contribution in [1.82, 2.24) is 0 Å². The summed E-state index contributed by atoms with van der Waals surface area (Å²) in [7, 11) is 0.712. The van der Waals surface area contributed by atoms with Crippen molar-refractivity contribution in [2.45, 2.75) is 51.9 Å². The number of ether oxygens (including phenoxy) is 1. The molecule has 1 aliphatic rings. The summed E-state index contributed by atoms with van der Waals surface area (Å²) in [5.41, 5.74) is -4.66. The van der Waals surface area contributed by atoms with Gasteiger partial charge in [-0.3, -0.25) is 0 Å². The molecular weight excluding hydrogens is 444 g/mol. The van der Waals surface area contributed by atoms with Crippen molar-refractivity contribution in [3.8, 4) is 16.9 Å². The van der Waals surface area contributed by atoms with Gasteiger partial charge in [0.1, 0.15) is 0 Å². The van der Waals surface area contributed by atoms with Gasteiger partial charge in [-0.2, -0.15) is 8.78 Å². The Labute approximate surface area is 180 Å². The van der Waals surface area contributed by atoms with Gasteiger partial charge in [-0.15, -0.1) is 0 Å². The van der Waals surface area contributed by atoms with Crippen LogP contribution in [0.5, 0.6) is 5.75 Å². The van der Waals surface area contributed by atoms with Gasteiger partial charge < -0.3 is 4.74 Å². The summed E-state index contributed by atoms with van der Waals surface area (Å²) in [6.45, 7) is 2.08. The summed E-state index contributed by atoms with van der Waals surface area (Å²) in [4.78, 5) is 0. The minimum atomic E-state index is -2.24. The summed E-state index contributed by atoms with van der Waals surface area (Å²) < 4.78 is 119. The summed E-state index contributed by atoms with van der Waals surface area (Å²) >= 11 is 0. The smallest absolute Gasteiger partial charge is 0.204 e. The van der Waals surface area contributed by atoms with Crippen LogP contribution in [0.15, 0.2) is 0 Å². The van der Waals surface area contributed by atoms with Crippen LogP contribution in [0.1, 0.15) is 51.0 Å². The third-order valence-electron chi connectivity index (χ3n) is 6.38. The first kappa shape index (κ1) is 24.3. The van der Waals surface area contributed by atoms with Crippen molar-refractivity contribution in [2.24, 2.45) is 11.8 Å². The number of hydrogen-bond acceptors (Lipinski definition) is 1. The highest BCUT2D eigenvalue weighted by Crippen LogP contribution is 2.41. The molecule has 176 valence electrons. The summed E-state index contributed by atoms with van der Waals surface area (Å²) in [6.07, 6.45) is 4.55. The number of halogens is 8. The van der Waals surface area contributed by atoms with E-state index in [4.69, 9.17) is 0 Å². The van der Waals surface area contributed by atoms with Crippen molar-refractivity contribution in [2.75, 3.05) is 7.11 Å². The van der Waals surface area contributed by atoms with Crippen LogP contribution in [-0.4, -0.2) is 7.11 Å². The summed E-state index contributed by atoms with van der Waals surface area (Å²) in [6, 6.07) is 0. The zero-order valence-corrected chi connectivity index (χ0v) is 17.5. The van der Waals surface area contributed by atoms with Crippen molar-refractivity contribution in [3.63, 3.8) is 0 Å². The normalized spacial score (nSPS) is 18.8. The van der Waals surface area contributed by atoms with E-state index in [1.165, 1.54) is 0 Å². The largest absolute Gasteiger partial charge is 0.491 e. The first-order chi connectivity index (χ1) is 15.1. The van der Waals surface area contributed by atoms with Crippen molar-refractivity contribution < 1.29 is 39.9 Å². The topological polar surface area (TPSA) is 9.23 Å². The van der Waals surface area contributed by atoms with E-state index in [1.54, 1.807) is 0 Å². The van der Waals surface area contributed by atoms with E-state index < -0.39 is 69.0 Å². The van der Waals surface area contributed by atoms with Gasteiger partial charge in [-0.05, 0) is 24.7 Å².